The van der Waals surface area contributed by atoms with Crippen molar-refractivity contribution in [2.24, 2.45) is 16.5 Å². The van der Waals surface area contributed by atoms with Gasteiger partial charge in [0.1, 0.15) is 5.82 Å². The standard InChI is InChI=1S/C15H16ClN9O/c16-11-13(24-12(17)10(23-11)14(26)25-15(18)19)20-6-5-9-21-7-3-1-2-4-8(7)22-9/h1-4H,5-6H2,(H,21,22)(H3,17,20,24)(H4,18,19,25,26). The van der Waals surface area contributed by atoms with Gasteiger partial charge < -0.3 is 27.5 Å². The maximum atomic E-state index is 11.8. The van der Waals surface area contributed by atoms with Gasteiger partial charge in [-0.05, 0) is 12.1 Å². The maximum Gasteiger partial charge on any atom is 0.302 e. The molecular weight excluding hydrogens is 358 g/mol. The van der Waals surface area contributed by atoms with E-state index in [4.69, 9.17) is 28.8 Å². The molecule has 1 aromatic carbocycles. The molecule has 10 nitrogen and oxygen atoms in total. The Morgan fingerprint density at radius 2 is 2.00 bits per heavy atom. The van der Waals surface area contributed by atoms with Crippen LogP contribution in [0.4, 0.5) is 11.6 Å². The number of aliphatic imine (C=N–C) groups is 1. The average Bonchev–Trinajstić information content (AvgIpc) is 2.99. The number of nitrogens with two attached hydrogens (primary N) is 3. The lowest BCUT2D eigenvalue weighted by Crippen LogP contribution is -2.25. The lowest BCUT2D eigenvalue weighted by Gasteiger charge is -2.08. The van der Waals surface area contributed by atoms with Gasteiger partial charge in [-0.25, -0.2) is 15.0 Å². The second kappa shape index (κ2) is 7.23. The van der Waals surface area contributed by atoms with Crippen molar-refractivity contribution in [3.63, 3.8) is 0 Å². The number of nitrogens with one attached hydrogen (secondary N) is 2. The van der Waals surface area contributed by atoms with E-state index in [9.17, 15) is 4.79 Å². The third kappa shape index (κ3) is 3.81. The number of hydrogen-bond acceptors (Lipinski definition) is 6. The summed E-state index contributed by atoms with van der Waals surface area (Å²) in [5, 5.41) is 3.00. The molecule has 0 bridgehead atoms. The summed E-state index contributed by atoms with van der Waals surface area (Å²) in [6.07, 6.45) is 0.598. The number of amides is 1. The topological polar surface area (TPSA) is 174 Å². The highest BCUT2D eigenvalue weighted by molar-refractivity contribution is 6.32. The van der Waals surface area contributed by atoms with E-state index in [1.54, 1.807) is 0 Å². The summed E-state index contributed by atoms with van der Waals surface area (Å²) in [6.45, 7) is 0.481. The number of anilines is 2. The van der Waals surface area contributed by atoms with E-state index in [1.807, 2.05) is 24.3 Å². The number of rotatable bonds is 5. The Balaban J connectivity index is 1.69. The van der Waals surface area contributed by atoms with Crippen LogP contribution in [0.15, 0.2) is 29.3 Å². The minimum atomic E-state index is -0.814. The highest BCUT2D eigenvalue weighted by Crippen LogP contribution is 2.21. The zero-order valence-corrected chi connectivity index (χ0v) is 14.3. The molecule has 0 saturated carbocycles. The normalized spacial score (nSPS) is 10.7. The van der Waals surface area contributed by atoms with Crippen LogP contribution in [0.2, 0.25) is 5.15 Å². The zero-order chi connectivity index (χ0) is 18.7. The Labute approximate surface area is 152 Å². The van der Waals surface area contributed by atoms with Gasteiger partial charge in [0.15, 0.2) is 28.4 Å². The van der Waals surface area contributed by atoms with Gasteiger partial charge in [-0.2, -0.15) is 4.99 Å². The molecule has 134 valence electrons. The van der Waals surface area contributed by atoms with Crippen LogP contribution in [0.3, 0.4) is 0 Å². The quantitative estimate of drug-likeness (QED) is 0.320. The fourth-order valence-corrected chi connectivity index (χ4v) is 2.48. The highest BCUT2D eigenvalue weighted by Gasteiger charge is 2.16. The minimum Gasteiger partial charge on any atom is -0.382 e. The smallest absolute Gasteiger partial charge is 0.302 e. The number of hydrogen-bond donors (Lipinski definition) is 5. The summed E-state index contributed by atoms with van der Waals surface area (Å²) in [6, 6.07) is 7.74. The number of fused-ring (bicyclic) bond motifs is 1. The maximum absolute atomic E-state index is 11.8. The number of H-pyrrole nitrogens is 1. The minimum absolute atomic E-state index is 0.0158. The number of para-hydroxylation sites is 2. The van der Waals surface area contributed by atoms with Crippen LogP contribution in [-0.2, 0) is 6.42 Å². The molecule has 0 atom stereocenters. The number of halogens is 1. The van der Waals surface area contributed by atoms with Crippen LogP contribution >= 0.6 is 11.6 Å². The summed E-state index contributed by atoms with van der Waals surface area (Å²) in [7, 11) is 0. The van der Waals surface area contributed by atoms with E-state index in [2.05, 4.69) is 30.2 Å². The molecule has 3 rings (SSSR count). The molecule has 11 heteroatoms. The van der Waals surface area contributed by atoms with Crippen molar-refractivity contribution in [3.8, 4) is 0 Å². The molecule has 0 radical (unpaired) electrons. The first-order valence-corrected chi connectivity index (χ1v) is 7.96. The molecule has 0 fully saturated rings. The number of aromatic nitrogens is 4. The van der Waals surface area contributed by atoms with Gasteiger partial charge in [0, 0.05) is 13.0 Å². The molecule has 8 N–H and O–H groups in total. The van der Waals surface area contributed by atoms with Gasteiger partial charge in [-0.3, -0.25) is 4.79 Å². The molecule has 0 saturated heterocycles. The van der Waals surface area contributed by atoms with Crippen molar-refractivity contribution < 1.29 is 4.79 Å². The molecule has 1 amide bonds. The highest BCUT2D eigenvalue weighted by atomic mass is 35.5. The molecule has 2 heterocycles. The van der Waals surface area contributed by atoms with Gasteiger partial charge in [0.05, 0.1) is 11.0 Å². The molecule has 3 aromatic rings. The van der Waals surface area contributed by atoms with Gasteiger partial charge in [0.2, 0.25) is 0 Å². The number of carbonyl (C=O) groups excluding carboxylic acids is 1. The van der Waals surface area contributed by atoms with Crippen LogP contribution in [-0.4, -0.2) is 38.3 Å². The number of imidazole rings is 1. The summed E-state index contributed by atoms with van der Waals surface area (Å²) in [5.74, 6) is -0.279. The first-order chi connectivity index (χ1) is 12.4. The van der Waals surface area contributed by atoms with Crippen LogP contribution in [0, 0.1) is 0 Å². The van der Waals surface area contributed by atoms with Crippen molar-refractivity contribution in [2.45, 2.75) is 6.42 Å². The van der Waals surface area contributed by atoms with Crippen LogP contribution < -0.4 is 22.5 Å². The van der Waals surface area contributed by atoms with E-state index in [0.717, 1.165) is 16.9 Å². The predicted octanol–water partition coefficient (Wildman–Crippen LogP) is 0.657. The van der Waals surface area contributed by atoms with Crippen LogP contribution in [0.1, 0.15) is 16.3 Å². The Morgan fingerprint density at radius 3 is 2.73 bits per heavy atom. The first kappa shape index (κ1) is 17.4. The van der Waals surface area contributed by atoms with E-state index >= 15 is 0 Å². The Bertz CT molecular complexity index is 961. The number of carbonyl (C=O) groups is 1. The van der Waals surface area contributed by atoms with Crippen LogP contribution in [0.5, 0.6) is 0 Å². The van der Waals surface area contributed by atoms with Crippen molar-refractivity contribution in [2.75, 3.05) is 17.6 Å². The van der Waals surface area contributed by atoms with E-state index < -0.39 is 11.9 Å². The molecule has 0 aliphatic heterocycles. The van der Waals surface area contributed by atoms with E-state index in [0.29, 0.717) is 13.0 Å². The Hall–Kier alpha value is -3.40. The summed E-state index contributed by atoms with van der Waals surface area (Å²) >= 11 is 6.05. The Kier molecular flexibility index (Phi) is 4.85. The zero-order valence-electron chi connectivity index (χ0n) is 13.5. The fraction of sp³-hybridized carbons (Fsp3) is 0.133. The number of nitrogens with zero attached hydrogens (tertiary/aromatic N) is 4. The lowest BCUT2D eigenvalue weighted by atomic mass is 10.3. The van der Waals surface area contributed by atoms with Gasteiger partial charge in [-0.1, -0.05) is 23.7 Å². The van der Waals surface area contributed by atoms with Crippen molar-refractivity contribution >= 4 is 46.1 Å². The van der Waals surface area contributed by atoms with Crippen molar-refractivity contribution in [1.29, 1.82) is 0 Å². The van der Waals surface area contributed by atoms with Gasteiger partial charge in [-0.15, -0.1) is 0 Å². The molecule has 0 spiro atoms. The third-order valence-electron chi connectivity index (χ3n) is 3.41. The average molecular weight is 374 g/mol. The third-order valence-corrected chi connectivity index (χ3v) is 3.67. The SMILES string of the molecule is NC(N)=NC(=O)c1nc(Cl)c(NCCc2nc3ccccc3[nH]2)nc1N. The fourth-order valence-electron chi connectivity index (χ4n) is 2.29. The number of benzene rings is 1. The molecular formula is C15H16ClN9O. The first-order valence-electron chi connectivity index (χ1n) is 7.58. The second-order valence-electron chi connectivity index (χ2n) is 5.32. The van der Waals surface area contributed by atoms with Gasteiger partial charge in [0.25, 0.3) is 0 Å². The van der Waals surface area contributed by atoms with Crippen molar-refractivity contribution in [1.82, 2.24) is 19.9 Å². The van der Waals surface area contributed by atoms with Crippen LogP contribution in [0.25, 0.3) is 11.0 Å². The Morgan fingerprint density at radius 1 is 1.23 bits per heavy atom. The number of guanidine groups is 1. The monoisotopic (exact) mass is 373 g/mol. The van der Waals surface area contributed by atoms with E-state index in [1.165, 1.54) is 0 Å². The molecule has 0 aliphatic rings. The van der Waals surface area contributed by atoms with Gasteiger partial charge >= 0.3 is 5.91 Å². The largest absolute Gasteiger partial charge is 0.382 e. The summed E-state index contributed by atoms with van der Waals surface area (Å²) < 4.78 is 0. The molecule has 2 aromatic heterocycles. The van der Waals surface area contributed by atoms with Crippen molar-refractivity contribution in [3.05, 3.63) is 40.9 Å². The molecule has 0 unspecified atom stereocenters. The predicted molar refractivity (Wildman–Crippen MR) is 99.9 cm³/mol. The second-order valence-corrected chi connectivity index (χ2v) is 5.67. The number of nitrogen functional groups attached to an aromatic ring is 1. The summed E-state index contributed by atoms with van der Waals surface area (Å²) in [4.78, 5) is 30.8. The number of aromatic amines is 1. The van der Waals surface area contributed by atoms with E-state index in [-0.39, 0.29) is 22.5 Å². The summed E-state index contributed by atoms with van der Waals surface area (Å²) in [5.41, 5.74) is 17.7. The molecule has 26 heavy (non-hydrogen) atoms. The molecule has 0 aliphatic carbocycles. The lowest BCUT2D eigenvalue weighted by molar-refractivity contribution is 0.0998.